The van der Waals surface area contributed by atoms with E-state index in [1.54, 1.807) is 0 Å². The highest BCUT2D eigenvalue weighted by Gasteiger charge is 2.27. The second kappa shape index (κ2) is 5.25. The van der Waals surface area contributed by atoms with E-state index in [4.69, 9.17) is 9.15 Å². The molecule has 0 atom stereocenters. The predicted octanol–water partition coefficient (Wildman–Crippen LogP) is 2.73. The van der Waals surface area contributed by atoms with Crippen molar-refractivity contribution in [2.45, 2.75) is 38.6 Å². The van der Waals surface area contributed by atoms with Crippen LogP contribution in [0.15, 0.2) is 16.5 Å². The number of anilines is 1. The summed E-state index contributed by atoms with van der Waals surface area (Å²) in [5.74, 6) is 1.74. The molecule has 1 heterocycles. The summed E-state index contributed by atoms with van der Waals surface area (Å²) in [7, 11) is 1.46. The van der Waals surface area contributed by atoms with E-state index >= 15 is 0 Å². The van der Waals surface area contributed by atoms with Crippen LogP contribution in [0.3, 0.4) is 0 Å². The lowest BCUT2D eigenvalue weighted by Gasteiger charge is -2.27. The maximum Gasteiger partial charge on any atom is 0.308 e. The van der Waals surface area contributed by atoms with Gasteiger partial charge in [-0.25, -0.2) is 0 Å². The van der Waals surface area contributed by atoms with E-state index in [0.717, 1.165) is 37.3 Å². The van der Waals surface area contributed by atoms with Gasteiger partial charge in [-0.15, -0.1) is 0 Å². The van der Waals surface area contributed by atoms with E-state index in [2.05, 4.69) is 5.32 Å². The van der Waals surface area contributed by atoms with Crippen molar-refractivity contribution < 1.29 is 13.9 Å². The molecule has 1 saturated carbocycles. The Morgan fingerprint density at radius 1 is 1.35 bits per heavy atom. The van der Waals surface area contributed by atoms with Crippen LogP contribution in [0.2, 0.25) is 0 Å². The Labute approximate surface area is 101 Å². The molecule has 1 N–H and O–H groups in total. The van der Waals surface area contributed by atoms with Gasteiger partial charge < -0.3 is 14.5 Å². The van der Waals surface area contributed by atoms with Crippen LogP contribution in [-0.2, 0) is 9.53 Å². The summed E-state index contributed by atoms with van der Waals surface area (Å²) in [6, 6.07) is 4.30. The zero-order chi connectivity index (χ0) is 12.3. The number of esters is 1. The largest absolute Gasteiger partial charge is 0.469 e. The number of methoxy groups -OCH3 is 1. The zero-order valence-corrected chi connectivity index (χ0v) is 10.4. The van der Waals surface area contributed by atoms with Gasteiger partial charge in [-0.3, -0.25) is 4.79 Å². The quantitative estimate of drug-likeness (QED) is 0.821. The van der Waals surface area contributed by atoms with Crippen molar-refractivity contribution in [1.82, 2.24) is 0 Å². The topological polar surface area (TPSA) is 51.5 Å². The van der Waals surface area contributed by atoms with Crippen molar-refractivity contribution in [3.05, 3.63) is 17.9 Å². The molecule has 4 heteroatoms. The van der Waals surface area contributed by atoms with Crippen LogP contribution in [-0.4, -0.2) is 19.1 Å². The highest BCUT2D eigenvalue weighted by atomic mass is 16.5. The Morgan fingerprint density at radius 2 is 2.06 bits per heavy atom. The van der Waals surface area contributed by atoms with Crippen LogP contribution >= 0.6 is 0 Å². The summed E-state index contributed by atoms with van der Waals surface area (Å²) >= 11 is 0. The fraction of sp³-hybridized carbons (Fsp3) is 0.615. The second-order valence-corrected chi connectivity index (χ2v) is 4.63. The van der Waals surface area contributed by atoms with Crippen LogP contribution in [0.4, 0.5) is 5.88 Å². The Kier molecular flexibility index (Phi) is 3.71. The number of aryl methyl sites for hydroxylation is 1. The van der Waals surface area contributed by atoms with Crippen molar-refractivity contribution in [1.29, 1.82) is 0 Å². The number of ether oxygens (including phenoxy) is 1. The first kappa shape index (κ1) is 12.0. The molecule has 0 unspecified atom stereocenters. The highest BCUT2D eigenvalue weighted by molar-refractivity contribution is 5.72. The molecular weight excluding hydrogens is 218 g/mol. The summed E-state index contributed by atoms with van der Waals surface area (Å²) in [5, 5.41) is 3.36. The Balaban J connectivity index is 1.81. The lowest BCUT2D eigenvalue weighted by molar-refractivity contribution is -0.146. The minimum absolute atomic E-state index is 0.0720. The number of carbonyl (C=O) groups is 1. The molecule has 0 saturated heterocycles. The minimum Gasteiger partial charge on any atom is -0.469 e. The smallest absolute Gasteiger partial charge is 0.308 e. The predicted molar refractivity (Wildman–Crippen MR) is 64.8 cm³/mol. The summed E-state index contributed by atoms with van der Waals surface area (Å²) in [6.07, 6.45) is 3.76. The number of rotatable bonds is 3. The third-order valence-electron chi connectivity index (χ3n) is 3.35. The highest BCUT2D eigenvalue weighted by Crippen LogP contribution is 2.27. The van der Waals surface area contributed by atoms with Crippen molar-refractivity contribution >= 4 is 11.9 Å². The van der Waals surface area contributed by atoms with Gasteiger partial charge in [0.15, 0.2) is 5.88 Å². The molecule has 4 nitrogen and oxygen atoms in total. The summed E-state index contributed by atoms with van der Waals surface area (Å²) in [5.41, 5.74) is 0. The van der Waals surface area contributed by atoms with Crippen molar-refractivity contribution in [2.75, 3.05) is 12.4 Å². The number of hydrogen-bond acceptors (Lipinski definition) is 4. The molecule has 0 radical (unpaired) electrons. The van der Waals surface area contributed by atoms with Crippen molar-refractivity contribution in [3.8, 4) is 0 Å². The Bertz CT molecular complexity index is 378. The van der Waals surface area contributed by atoms with Gasteiger partial charge in [0, 0.05) is 12.1 Å². The fourth-order valence-electron chi connectivity index (χ4n) is 2.35. The standard InChI is InChI=1S/C13H19NO3/c1-9-3-8-12(17-9)14-11-6-4-10(5-7-11)13(15)16-2/h3,8,10-11,14H,4-7H2,1-2H3. The Morgan fingerprint density at radius 3 is 2.59 bits per heavy atom. The molecule has 1 aromatic rings. The molecule has 0 spiro atoms. The van der Waals surface area contributed by atoms with E-state index in [1.807, 2.05) is 19.1 Å². The maximum absolute atomic E-state index is 11.4. The second-order valence-electron chi connectivity index (χ2n) is 4.63. The minimum atomic E-state index is -0.0720. The van der Waals surface area contributed by atoms with Gasteiger partial charge >= 0.3 is 5.97 Å². The third-order valence-corrected chi connectivity index (χ3v) is 3.35. The molecular formula is C13H19NO3. The molecule has 1 fully saturated rings. The lowest BCUT2D eigenvalue weighted by Crippen LogP contribution is -2.29. The molecule has 0 aromatic carbocycles. The first-order chi connectivity index (χ1) is 8.19. The van der Waals surface area contributed by atoms with Gasteiger partial charge in [0.25, 0.3) is 0 Å². The molecule has 2 rings (SSSR count). The normalized spacial score (nSPS) is 24.4. The van der Waals surface area contributed by atoms with E-state index in [-0.39, 0.29) is 11.9 Å². The first-order valence-corrected chi connectivity index (χ1v) is 6.10. The number of hydrogen-bond donors (Lipinski definition) is 1. The molecule has 17 heavy (non-hydrogen) atoms. The van der Waals surface area contributed by atoms with E-state index in [9.17, 15) is 4.79 Å². The van der Waals surface area contributed by atoms with Crippen LogP contribution in [0.5, 0.6) is 0 Å². The van der Waals surface area contributed by atoms with Gasteiger partial charge in [-0.05, 0) is 38.7 Å². The van der Waals surface area contributed by atoms with Crippen LogP contribution < -0.4 is 5.32 Å². The fourth-order valence-corrected chi connectivity index (χ4v) is 2.35. The monoisotopic (exact) mass is 237 g/mol. The van der Waals surface area contributed by atoms with E-state index in [0.29, 0.717) is 6.04 Å². The van der Waals surface area contributed by atoms with Crippen LogP contribution in [0.1, 0.15) is 31.4 Å². The van der Waals surface area contributed by atoms with Crippen molar-refractivity contribution in [2.24, 2.45) is 5.92 Å². The average molecular weight is 237 g/mol. The van der Waals surface area contributed by atoms with Crippen molar-refractivity contribution in [3.63, 3.8) is 0 Å². The van der Waals surface area contributed by atoms with E-state index in [1.165, 1.54) is 7.11 Å². The maximum atomic E-state index is 11.4. The van der Waals surface area contributed by atoms with Crippen LogP contribution in [0.25, 0.3) is 0 Å². The van der Waals surface area contributed by atoms with Gasteiger partial charge in [0.2, 0.25) is 0 Å². The number of furan rings is 1. The average Bonchev–Trinajstić information content (AvgIpc) is 2.75. The Hall–Kier alpha value is -1.45. The number of nitrogens with one attached hydrogen (secondary N) is 1. The molecule has 94 valence electrons. The van der Waals surface area contributed by atoms with Gasteiger partial charge in [-0.1, -0.05) is 0 Å². The van der Waals surface area contributed by atoms with Gasteiger partial charge in [0.1, 0.15) is 5.76 Å². The van der Waals surface area contributed by atoms with E-state index < -0.39 is 0 Å². The lowest BCUT2D eigenvalue weighted by atomic mass is 9.86. The summed E-state index contributed by atoms with van der Waals surface area (Å²) < 4.78 is 10.2. The first-order valence-electron chi connectivity index (χ1n) is 6.10. The zero-order valence-electron chi connectivity index (χ0n) is 10.4. The molecule has 0 amide bonds. The molecule has 0 aliphatic heterocycles. The summed E-state index contributed by atoms with van der Waals surface area (Å²) in [4.78, 5) is 11.4. The van der Waals surface area contributed by atoms with Gasteiger partial charge in [-0.2, -0.15) is 0 Å². The summed E-state index contributed by atoms with van der Waals surface area (Å²) in [6.45, 7) is 1.93. The third kappa shape index (κ3) is 3.02. The van der Waals surface area contributed by atoms with Crippen LogP contribution in [0, 0.1) is 12.8 Å². The SMILES string of the molecule is COC(=O)C1CCC(Nc2ccc(C)o2)CC1. The van der Waals surface area contributed by atoms with Gasteiger partial charge in [0.05, 0.1) is 13.0 Å². The number of carbonyl (C=O) groups excluding carboxylic acids is 1. The molecule has 1 aliphatic rings. The molecule has 0 bridgehead atoms. The molecule has 1 aliphatic carbocycles. The molecule has 1 aromatic heterocycles.